The molecule has 4 rings (SSSR count). The van der Waals surface area contributed by atoms with Gasteiger partial charge in [0.25, 0.3) is 0 Å². The fourth-order valence-corrected chi connectivity index (χ4v) is 6.11. The fraction of sp³-hybridized carbons (Fsp3) is 0.560. The number of unbranched alkanes of at least 4 members (excludes halogenated alkanes) is 1. The van der Waals surface area contributed by atoms with Crippen molar-refractivity contribution in [3.8, 4) is 0 Å². The number of hydrogen-bond acceptors (Lipinski definition) is 4. The number of rotatable bonds is 8. The molecule has 8 heteroatoms. The van der Waals surface area contributed by atoms with Gasteiger partial charge in [0.05, 0.1) is 6.04 Å². The van der Waals surface area contributed by atoms with Gasteiger partial charge in [-0.3, -0.25) is 14.5 Å². The van der Waals surface area contributed by atoms with Crippen molar-refractivity contribution in [1.82, 2.24) is 15.1 Å². The van der Waals surface area contributed by atoms with E-state index in [1.807, 2.05) is 35.7 Å². The van der Waals surface area contributed by atoms with E-state index in [2.05, 4.69) is 12.2 Å². The van der Waals surface area contributed by atoms with E-state index in [9.17, 15) is 14.4 Å². The Bertz CT molecular complexity index is 899. The van der Waals surface area contributed by atoms with Crippen LogP contribution < -0.4 is 5.32 Å². The second-order valence-electron chi connectivity index (χ2n) is 9.22. The van der Waals surface area contributed by atoms with Gasteiger partial charge in [0.2, 0.25) is 11.8 Å². The molecule has 1 aromatic carbocycles. The van der Waals surface area contributed by atoms with Gasteiger partial charge in [-0.1, -0.05) is 43.2 Å². The number of thioether (sulfide) groups is 1. The maximum Gasteiger partial charge on any atom is 0.327 e. The molecule has 2 aliphatic heterocycles. The van der Waals surface area contributed by atoms with Crippen LogP contribution in [0.3, 0.4) is 0 Å². The SMILES string of the molecule is CCCCNC(=O)C1CCC(CN2C(=O)C3SC=CC3N(Cc3ccc(Cl)cc3)C2=O)CC1. The Morgan fingerprint density at radius 3 is 2.58 bits per heavy atom. The minimum atomic E-state index is -0.282. The van der Waals surface area contributed by atoms with Gasteiger partial charge < -0.3 is 10.2 Å². The summed E-state index contributed by atoms with van der Waals surface area (Å²) in [6.45, 7) is 3.72. The Labute approximate surface area is 205 Å². The van der Waals surface area contributed by atoms with E-state index in [0.717, 1.165) is 50.6 Å². The lowest BCUT2D eigenvalue weighted by Gasteiger charge is -2.43. The van der Waals surface area contributed by atoms with Crippen LogP contribution in [0.25, 0.3) is 0 Å². The Morgan fingerprint density at radius 2 is 1.88 bits per heavy atom. The van der Waals surface area contributed by atoms with E-state index in [4.69, 9.17) is 11.6 Å². The standard InChI is InChI=1S/C25H32ClN3O3S/c1-2-3-13-27-23(30)19-8-4-17(5-9-19)16-29-24(31)22-21(12-14-33-22)28(25(29)32)15-18-6-10-20(26)11-7-18/h6-7,10-12,14,17,19,21-22H,2-5,8-9,13,15-16H2,1H3,(H,27,30). The minimum absolute atomic E-state index is 0.0474. The van der Waals surface area contributed by atoms with Gasteiger partial charge in [0.15, 0.2) is 0 Å². The number of benzene rings is 1. The lowest BCUT2D eigenvalue weighted by Crippen LogP contribution is -2.62. The van der Waals surface area contributed by atoms with Crippen LogP contribution in [0.15, 0.2) is 35.7 Å². The van der Waals surface area contributed by atoms with Crippen molar-refractivity contribution in [1.29, 1.82) is 0 Å². The minimum Gasteiger partial charge on any atom is -0.356 e. The first-order chi connectivity index (χ1) is 16.0. The van der Waals surface area contributed by atoms with Crippen molar-refractivity contribution in [3.63, 3.8) is 0 Å². The second kappa shape index (κ2) is 11.0. The maximum absolute atomic E-state index is 13.4. The van der Waals surface area contributed by atoms with Gasteiger partial charge in [0, 0.05) is 30.6 Å². The summed E-state index contributed by atoms with van der Waals surface area (Å²) in [6.07, 6.45) is 7.38. The van der Waals surface area contributed by atoms with Gasteiger partial charge in [0.1, 0.15) is 5.25 Å². The van der Waals surface area contributed by atoms with Gasteiger partial charge in [-0.2, -0.15) is 0 Å². The number of nitrogens with one attached hydrogen (secondary N) is 1. The lowest BCUT2D eigenvalue weighted by atomic mass is 9.81. The number of carbonyl (C=O) groups is 3. The molecule has 1 aromatic rings. The molecule has 1 aliphatic carbocycles. The highest BCUT2D eigenvalue weighted by Crippen LogP contribution is 2.37. The largest absolute Gasteiger partial charge is 0.356 e. The first-order valence-corrected chi connectivity index (χ1v) is 13.3. The van der Waals surface area contributed by atoms with Gasteiger partial charge >= 0.3 is 6.03 Å². The molecule has 4 amide bonds. The van der Waals surface area contributed by atoms with Crippen molar-refractivity contribution in [2.45, 2.75) is 63.3 Å². The number of hydrogen-bond donors (Lipinski definition) is 1. The highest BCUT2D eigenvalue weighted by atomic mass is 35.5. The first-order valence-electron chi connectivity index (χ1n) is 11.9. The number of amides is 4. The van der Waals surface area contributed by atoms with Crippen molar-refractivity contribution in [3.05, 3.63) is 46.3 Å². The zero-order chi connectivity index (χ0) is 23.4. The van der Waals surface area contributed by atoms with E-state index in [1.54, 1.807) is 4.90 Å². The highest BCUT2D eigenvalue weighted by molar-refractivity contribution is 8.03. The third-order valence-corrected chi connectivity index (χ3v) is 8.25. The average molecular weight is 490 g/mol. The Kier molecular flexibility index (Phi) is 8.02. The quantitative estimate of drug-likeness (QED) is 0.531. The van der Waals surface area contributed by atoms with Crippen molar-refractivity contribution >= 4 is 41.2 Å². The number of carbonyl (C=O) groups excluding carboxylic acids is 3. The van der Waals surface area contributed by atoms with Crippen LogP contribution in [0.2, 0.25) is 5.02 Å². The summed E-state index contributed by atoms with van der Waals surface area (Å²) >= 11 is 7.50. The third-order valence-electron chi connectivity index (χ3n) is 6.91. The zero-order valence-corrected chi connectivity index (χ0v) is 20.6. The number of nitrogens with zero attached hydrogens (tertiary/aromatic N) is 2. The van der Waals surface area contributed by atoms with Gasteiger partial charge in [-0.25, -0.2) is 4.79 Å². The molecule has 0 spiro atoms. The summed E-state index contributed by atoms with van der Waals surface area (Å²) in [7, 11) is 0. The molecule has 2 atom stereocenters. The molecule has 0 aromatic heterocycles. The molecule has 0 bridgehead atoms. The summed E-state index contributed by atoms with van der Waals surface area (Å²) < 4.78 is 0. The van der Waals surface area contributed by atoms with Crippen molar-refractivity contribution in [2.75, 3.05) is 13.1 Å². The van der Waals surface area contributed by atoms with Gasteiger partial charge in [-0.05, 0) is 61.1 Å². The Hall–Kier alpha value is -1.99. The summed E-state index contributed by atoms with van der Waals surface area (Å²) in [4.78, 5) is 42.3. The summed E-state index contributed by atoms with van der Waals surface area (Å²) in [5.74, 6) is 0.348. The van der Waals surface area contributed by atoms with Crippen LogP contribution in [0.1, 0.15) is 51.0 Å². The first kappa shape index (κ1) is 24.1. The predicted octanol–water partition coefficient (Wildman–Crippen LogP) is 4.82. The maximum atomic E-state index is 13.4. The molecular formula is C25H32ClN3O3S. The van der Waals surface area contributed by atoms with E-state index in [1.165, 1.54) is 16.7 Å². The van der Waals surface area contributed by atoms with Crippen LogP contribution in [0.4, 0.5) is 4.79 Å². The van der Waals surface area contributed by atoms with Crippen LogP contribution in [-0.2, 0) is 16.1 Å². The second-order valence-corrected chi connectivity index (χ2v) is 10.7. The molecule has 1 saturated heterocycles. The van der Waals surface area contributed by atoms with Crippen molar-refractivity contribution < 1.29 is 14.4 Å². The molecule has 178 valence electrons. The van der Waals surface area contributed by atoms with E-state index < -0.39 is 0 Å². The zero-order valence-electron chi connectivity index (χ0n) is 19.0. The average Bonchev–Trinajstić information content (AvgIpc) is 3.31. The number of halogens is 1. The molecule has 1 N–H and O–H groups in total. The van der Waals surface area contributed by atoms with Crippen LogP contribution in [-0.4, -0.2) is 52.0 Å². The third kappa shape index (κ3) is 5.57. The molecule has 1 saturated carbocycles. The molecule has 33 heavy (non-hydrogen) atoms. The number of imide groups is 1. The Morgan fingerprint density at radius 1 is 1.15 bits per heavy atom. The lowest BCUT2D eigenvalue weighted by molar-refractivity contribution is -0.132. The van der Waals surface area contributed by atoms with E-state index in [-0.39, 0.29) is 41.0 Å². The highest BCUT2D eigenvalue weighted by Gasteiger charge is 2.47. The summed E-state index contributed by atoms with van der Waals surface area (Å²) in [6, 6.07) is 7.05. The Balaban J connectivity index is 1.38. The van der Waals surface area contributed by atoms with Crippen LogP contribution >= 0.6 is 23.4 Å². The molecule has 3 aliphatic rings. The number of urea groups is 1. The van der Waals surface area contributed by atoms with Crippen LogP contribution in [0, 0.1) is 11.8 Å². The molecule has 2 heterocycles. The van der Waals surface area contributed by atoms with E-state index in [0.29, 0.717) is 18.1 Å². The smallest absolute Gasteiger partial charge is 0.327 e. The molecule has 2 unspecified atom stereocenters. The predicted molar refractivity (Wildman–Crippen MR) is 132 cm³/mol. The number of fused-ring (bicyclic) bond motifs is 1. The van der Waals surface area contributed by atoms with E-state index >= 15 is 0 Å². The van der Waals surface area contributed by atoms with Crippen molar-refractivity contribution in [2.24, 2.45) is 11.8 Å². The van der Waals surface area contributed by atoms with Gasteiger partial charge in [-0.15, -0.1) is 11.8 Å². The summed E-state index contributed by atoms with van der Waals surface area (Å²) in [5.41, 5.74) is 0.987. The molecular weight excluding hydrogens is 458 g/mol. The normalized spacial score (nSPS) is 27.1. The van der Waals surface area contributed by atoms with Crippen LogP contribution in [0.5, 0.6) is 0 Å². The molecule has 2 fully saturated rings. The molecule has 6 nitrogen and oxygen atoms in total. The topological polar surface area (TPSA) is 69.7 Å². The summed E-state index contributed by atoms with van der Waals surface area (Å²) in [5, 5.41) is 5.35. The molecule has 0 radical (unpaired) electrons. The fourth-order valence-electron chi connectivity index (χ4n) is 4.92. The monoisotopic (exact) mass is 489 g/mol.